The van der Waals surface area contributed by atoms with Gasteiger partial charge in [-0.2, -0.15) is 0 Å². The maximum atomic E-state index is 6.96. The predicted molar refractivity (Wildman–Crippen MR) is 140 cm³/mol. The highest BCUT2D eigenvalue weighted by atomic mass is 35.5. The Morgan fingerprint density at radius 1 is 0.829 bits per heavy atom. The molecule has 0 aliphatic heterocycles. The summed E-state index contributed by atoms with van der Waals surface area (Å²) in [6.45, 7) is 2.02. The zero-order valence-corrected chi connectivity index (χ0v) is 22.3. The molecular weight excluding hydrogens is 550 g/mol. The Balaban J connectivity index is 1.36. The fraction of sp³-hybridized carbons (Fsp3) is 0.308. The van der Waals surface area contributed by atoms with E-state index >= 15 is 0 Å². The summed E-state index contributed by atoms with van der Waals surface area (Å²) in [5, 5.41) is 10.8. The van der Waals surface area contributed by atoms with Gasteiger partial charge in [0, 0.05) is 34.1 Å². The Morgan fingerprint density at radius 2 is 1.49 bits per heavy atom. The van der Waals surface area contributed by atoms with Crippen molar-refractivity contribution in [2.45, 2.75) is 49.8 Å². The summed E-state index contributed by atoms with van der Waals surface area (Å²) in [7, 11) is 0. The first-order valence-electron chi connectivity index (χ1n) is 11.3. The van der Waals surface area contributed by atoms with Crippen LogP contribution in [0.25, 0.3) is 22.5 Å². The van der Waals surface area contributed by atoms with Crippen LogP contribution in [-0.2, 0) is 5.88 Å². The van der Waals surface area contributed by atoms with Gasteiger partial charge in [0.25, 0.3) is 0 Å². The smallest absolute Gasteiger partial charge is 0.145 e. The minimum Gasteiger partial charge on any atom is -0.360 e. The Kier molecular flexibility index (Phi) is 6.10. The van der Waals surface area contributed by atoms with Crippen molar-refractivity contribution in [2.24, 2.45) is 0 Å². The molecule has 2 heterocycles. The van der Waals surface area contributed by atoms with Crippen molar-refractivity contribution >= 4 is 58.0 Å². The molecule has 9 heteroatoms. The van der Waals surface area contributed by atoms with Gasteiger partial charge in [-0.3, -0.25) is 0 Å². The minimum atomic E-state index is 0.0817. The fourth-order valence-electron chi connectivity index (χ4n) is 4.87. The number of halogens is 5. The van der Waals surface area contributed by atoms with Crippen molar-refractivity contribution in [3.63, 3.8) is 0 Å². The number of benzene rings is 2. The van der Waals surface area contributed by atoms with E-state index in [1.807, 2.05) is 19.1 Å². The third-order valence-electron chi connectivity index (χ3n) is 6.94. The first-order chi connectivity index (χ1) is 16.9. The number of rotatable bonds is 6. The molecule has 0 saturated heterocycles. The number of hydrogen-bond acceptors (Lipinski definition) is 4. The van der Waals surface area contributed by atoms with E-state index in [0.29, 0.717) is 48.5 Å². The average molecular weight is 569 g/mol. The Hall–Kier alpha value is -1.69. The maximum absolute atomic E-state index is 6.96. The van der Waals surface area contributed by atoms with E-state index in [4.69, 9.17) is 67.1 Å². The topological polar surface area (TPSA) is 52.1 Å². The van der Waals surface area contributed by atoms with Crippen molar-refractivity contribution in [3.05, 3.63) is 78.6 Å². The summed E-state index contributed by atoms with van der Waals surface area (Å²) < 4.78 is 11.5. The first kappa shape index (κ1) is 23.7. The molecule has 2 aliphatic rings. The van der Waals surface area contributed by atoms with Gasteiger partial charge < -0.3 is 9.05 Å². The molecule has 2 saturated carbocycles. The monoisotopic (exact) mass is 566 g/mol. The maximum Gasteiger partial charge on any atom is 0.145 e. The van der Waals surface area contributed by atoms with E-state index in [9.17, 15) is 0 Å². The van der Waals surface area contributed by atoms with Gasteiger partial charge in [-0.15, -0.1) is 11.6 Å². The van der Waals surface area contributed by atoms with Crippen LogP contribution in [0.2, 0.25) is 20.1 Å². The van der Waals surface area contributed by atoms with Crippen LogP contribution >= 0.6 is 58.0 Å². The van der Waals surface area contributed by atoms with Gasteiger partial charge >= 0.3 is 0 Å². The molecule has 4 nitrogen and oxygen atoms in total. The summed E-state index contributed by atoms with van der Waals surface area (Å²) in [5.74, 6) is 2.56. The van der Waals surface area contributed by atoms with Crippen molar-refractivity contribution in [1.82, 2.24) is 10.3 Å². The second kappa shape index (κ2) is 9.00. The molecule has 0 spiro atoms. The summed E-state index contributed by atoms with van der Waals surface area (Å²) in [6, 6.07) is 9.17. The van der Waals surface area contributed by atoms with Crippen LogP contribution in [0.4, 0.5) is 0 Å². The lowest BCUT2D eigenvalue weighted by atomic mass is 9.99. The molecule has 2 aliphatic carbocycles. The van der Waals surface area contributed by atoms with Crippen LogP contribution in [0.3, 0.4) is 0 Å². The molecular formula is C26H19Cl5N2O2. The van der Waals surface area contributed by atoms with Crippen LogP contribution in [-0.4, -0.2) is 10.3 Å². The fourth-order valence-corrected chi connectivity index (χ4v) is 6.40. The highest BCUT2D eigenvalue weighted by Crippen LogP contribution is 2.59. The molecule has 2 atom stereocenters. The van der Waals surface area contributed by atoms with Gasteiger partial charge in [-0.1, -0.05) is 68.8 Å². The third kappa shape index (κ3) is 3.98. The van der Waals surface area contributed by atoms with E-state index in [1.165, 1.54) is 0 Å². The van der Waals surface area contributed by atoms with E-state index in [-0.39, 0.29) is 17.7 Å². The summed E-state index contributed by atoms with van der Waals surface area (Å²) >= 11 is 32.8. The van der Waals surface area contributed by atoms with Crippen LogP contribution in [0.15, 0.2) is 39.4 Å². The van der Waals surface area contributed by atoms with Crippen molar-refractivity contribution in [2.75, 3.05) is 0 Å². The molecule has 2 aromatic heterocycles. The minimum absolute atomic E-state index is 0.0817. The van der Waals surface area contributed by atoms with Crippen LogP contribution in [0.1, 0.15) is 65.2 Å². The zero-order valence-electron chi connectivity index (χ0n) is 18.5. The van der Waals surface area contributed by atoms with E-state index in [2.05, 4.69) is 10.3 Å². The first-order valence-corrected chi connectivity index (χ1v) is 13.4. The standard InChI is InChI=1S/C26H19Cl5N2O2/c1-11-23(32-34-25(11)12-5-6-12)21-19(30)8-7-13(22(21)31)14-9-15(14)26-16(10-27)24(33-35-26)20-17(28)3-2-4-18(20)29/h2-4,7-8,12,14-15H,5-6,9-10H2,1H3. The molecule has 4 aromatic rings. The third-order valence-corrected chi connectivity index (χ3v) is 8.56. The lowest BCUT2D eigenvalue weighted by Gasteiger charge is -2.11. The predicted octanol–water partition coefficient (Wildman–Crippen LogP) is 9.81. The molecule has 2 aromatic carbocycles. The molecule has 35 heavy (non-hydrogen) atoms. The van der Waals surface area contributed by atoms with Gasteiger partial charge in [0.05, 0.1) is 26.0 Å². The van der Waals surface area contributed by atoms with Gasteiger partial charge in [-0.05, 0) is 55.9 Å². The SMILES string of the molecule is Cc1c(-c2c(Cl)ccc(C3CC3c3onc(-c4c(Cl)cccc4Cl)c3CCl)c2Cl)noc1C1CC1. The Labute approximate surface area is 227 Å². The molecule has 6 rings (SSSR count). The van der Waals surface area contributed by atoms with Crippen molar-refractivity contribution in [1.29, 1.82) is 0 Å². The molecule has 0 radical (unpaired) electrons. The highest BCUT2D eigenvalue weighted by Gasteiger charge is 2.46. The second-order valence-corrected chi connectivity index (χ2v) is 11.0. The molecule has 2 unspecified atom stereocenters. The molecule has 0 bridgehead atoms. The van der Waals surface area contributed by atoms with E-state index < -0.39 is 0 Å². The van der Waals surface area contributed by atoms with E-state index in [0.717, 1.165) is 47.5 Å². The van der Waals surface area contributed by atoms with Crippen LogP contribution in [0, 0.1) is 6.92 Å². The Bertz CT molecular complexity index is 1440. The number of hydrogen-bond donors (Lipinski definition) is 0. The van der Waals surface area contributed by atoms with Crippen LogP contribution in [0.5, 0.6) is 0 Å². The van der Waals surface area contributed by atoms with Crippen LogP contribution < -0.4 is 0 Å². The second-order valence-electron chi connectivity index (χ2n) is 9.17. The molecule has 2 fully saturated rings. The molecule has 180 valence electrons. The quantitative estimate of drug-likeness (QED) is 0.217. The molecule has 0 amide bonds. The average Bonchev–Trinajstić information content (AvgIpc) is 3.75. The lowest BCUT2D eigenvalue weighted by Crippen LogP contribution is -1.93. The van der Waals surface area contributed by atoms with Gasteiger partial charge in [0.2, 0.25) is 0 Å². The van der Waals surface area contributed by atoms with E-state index in [1.54, 1.807) is 18.2 Å². The normalized spacial score (nSPS) is 19.4. The highest BCUT2D eigenvalue weighted by molar-refractivity contribution is 6.40. The Morgan fingerprint density at radius 3 is 2.17 bits per heavy atom. The number of alkyl halides is 1. The summed E-state index contributed by atoms with van der Waals surface area (Å²) in [6.07, 6.45) is 3.10. The summed E-state index contributed by atoms with van der Waals surface area (Å²) in [4.78, 5) is 0. The number of aromatic nitrogens is 2. The van der Waals surface area contributed by atoms with Crippen molar-refractivity contribution < 1.29 is 9.05 Å². The van der Waals surface area contributed by atoms with Gasteiger partial charge in [-0.25, -0.2) is 0 Å². The number of nitrogens with zero attached hydrogens (tertiary/aromatic N) is 2. The van der Waals surface area contributed by atoms with Gasteiger partial charge in [0.1, 0.15) is 22.9 Å². The zero-order chi connectivity index (χ0) is 24.4. The lowest BCUT2D eigenvalue weighted by molar-refractivity contribution is 0.383. The van der Waals surface area contributed by atoms with Crippen molar-refractivity contribution in [3.8, 4) is 22.5 Å². The summed E-state index contributed by atoms with van der Waals surface area (Å²) in [5.41, 5.74) is 5.40. The molecule has 0 N–H and O–H groups in total. The van der Waals surface area contributed by atoms with Gasteiger partial charge in [0.15, 0.2) is 0 Å². The largest absolute Gasteiger partial charge is 0.360 e.